The predicted octanol–water partition coefficient (Wildman–Crippen LogP) is 4.48. The molecule has 1 aromatic rings. The molecule has 0 amide bonds. The second kappa shape index (κ2) is 4.49. The molecule has 2 nitrogen and oxygen atoms in total. The van der Waals surface area contributed by atoms with Crippen molar-refractivity contribution in [2.75, 3.05) is 0 Å². The molecule has 3 heteroatoms. The number of rotatable bonds is 2. The van der Waals surface area contributed by atoms with Crippen molar-refractivity contribution < 1.29 is 9.53 Å². The summed E-state index contributed by atoms with van der Waals surface area (Å²) in [6.45, 7) is 2.01. The van der Waals surface area contributed by atoms with Crippen LogP contribution >= 0.6 is 11.6 Å². The van der Waals surface area contributed by atoms with E-state index in [1.165, 1.54) is 6.42 Å². The molecule has 4 fully saturated rings. The Morgan fingerprint density at radius 1 is 1.24 bits per heavy atom. The number of carbonyl (C=O) groups is 1. The Balaban J connectivity index is 1.59. The minimum atomic E-state index is -0.324. The summed E-state index contributed by atoms with van der Waals surface area (Å²) in [5.74, 6) is 1.86. The molecule has 0 heterocycles. The molecule has 4 atom stereocenters. The highest BCUT2D eigenvalue weighted by Gasteiger charge is 2.60. The van der Waals surface area contributed by atoms with Crippen molar-refractivity contribution in [3.05, 3.63) is 29.8 Å². The van der Waals surface area contributed by atoms with Crippen molar-refractivity contribution in [3.63, 3.8) is 0 Å². The molecule has 0 radical (unpaired) electrons. The number of hydrogen-bond donors (Lipinski definition) is 0. The molecule has 5 rings (SSSR count). The Morgan fingerprint density at radius 3 is 2.57 bits per heavy atom. The van der Waals surface area contributed by atoms with Crippen LogP contribution in [0.3, 0.4) is 0 Å². The Labute approximate surface area is 130 Å². The number of carbonyl (C=O) groups excluding carboxylic acids is 1. The van der Waals surface area contributed by atoms with Gasteiger partial charge in [0.15, 0.2) is 0 Å². The third-order valence-electron chi connectivity index (χ3n) is 5.62. The highest BCUT2D eigenvalue weighted by Crippen LogP contribution is 2.64. The normalized spacial score (nSPS) is 40.3. The SMILES string of the molecule is Cc1cccc(OC(=O)C23C[C@@H]4C[C@@H](CC(Cl)(C4)C2)C3)c1. The van der Waals surface area contributed by atoms with E-state index >= 15 is 0 Å². The lowest BCUT2D eigenvalue weighted by Crippen LogP contribution is -2.56. The lowest BCUT2D eigenvalue weighted by atomic mass is 9.49. The topological polar surface area (TPSA) is 26.3 Å². The molecule has 0 saturated heterocycles. The Morgan fingerprint density at radius 2 is 1.95 bits per heavy atom. The summed E-state index contributed by atoms with van der Waals surface area (Å²) in [6, 6.07) is 7.73. The van der Waals surface area contributed by atoms with E-state index in [2.05, 4.69) is 0 Å². The standard InChI is InChI=1S/C18H21ClO2/c1-12-3-2-4-15(5-12)21-16(20)17-7-13-6-14(8-17)10-18(19,9-13)11-17/h2-5,13-14H,6-11H2,1H3/t13-,14+,17?,18?. The van der Waals surface area contributed by atoms with E-state index in [1.807, 2.05) is 31.2 Å². The van der Waals surface area contributed by atoms with Crippen LogP contribution in [-0.4, -0.2) is 10.8 Å². The Hall–Kier alpha value is -1.02. The summed E-state index contributed by atoms with van der Waals surface area (Å²) in [5, 5.41) is 0. The number of aryl methyl sites for hydroxylation is 1. The van der Waals surface area contributed by atoms with Crippen LogP contribution in [-0.2, 0) is 4.79 Å². The molecule has 4 saturated carbocycles. The van der Waals surface area contributed by atoms with Gasteiger partial charge in [-0.1, -0.05) is 12.1 Å². The largest absolute Gasteiger partial charge is 0.426 e. The molecule has 1 aromatic carbocycles. The molecule has 0 N–H and O–H groups in total. The van der Waals surface area contributed by atoms with E-state index in [9.17, 15) is 4.79 Å². The van der Waals surface area contributed by atoms with Crippen molar-refractivity contribution in [2.24, 2.45) is 17.3 Å². The molecular weight excluding hydrogens is 284 g/mol. The average molecular weight is 305 g/mol. The molecule has 4 aliphatic carbocycles. The molecule has 4 bridgehead atoms. The monoisotopic (exact) mass is 304 g/mol. The van der Waals surface area contributed by atoms with Gasteiger partial charge in [-0.15, -0.1) is 11.6 Å². The van der Waals surface area contributed by atoms with E-state index in [0.29, 0.717) is 17.6 Å². The fourth-order valence-electron chi connectivity index (χ4n) is 5.28. The second-order valence-corrected chi connectivity index (χ2v) is 8.40. The molecule has 112 valence electrons. The van der Waals surface area contributed by atoms with E-state index in [-0.39, 0.29) is 16.3 Å². The summed E-state index contributed by atoms with van der Waals surface area (Å²) in [6.07, 6.45) is 6.19. The van der Waals surface area contributed by atoms with E-state index in [0.717, 1.165) is 37.7 Å². The zero-order valence-electron chi connectivity index (χ0n) is 12.4. The molecule has 0 aromatic heterocycles. The molecule has 0 aliphatic heterocycles. The number of benzene rings is 1. The molecule has 4 aliphatic rings. The van der Waals surface area contributed by atoms with Gasteiger partial charge < -0.3 is 4.74 Å². The van der Waals surface area contributed by atoms with Crippen LogP contribution in [0, 0.1) is 24.2 Å². The number of ether oxygens (including phenoxy) is 1. The first-order valence-electron chi connectivity index (χ1n) is 7.94. The van der Waals surface area contributed by atoms with Gasteiger partial charge in [0.25, 0.3) is 0 Å². The van der Waals surface area contributed by atoms with Crippen LogP contribution in [0.25, 0.3) is 0 Å². The van der Waals surface area contributed by atoms with Crippen LogP contribution < -0.4 is 4.74 Å². The first-order chi connectivity index (χ1) is 9.96. The van der Waals surface area contributed by atoms with Crippen LogP contribution in [0.1, 0.15) is 44.1 Å². The van der Waals surface area contributed by atoms with Gasteiger partial charge in [0.2, 0.25) is 0 Å². The highest BCUT2D eigenvalue weighted by atomic mass is 35.5. The number of hydrogen-bond acceptors (Lipinski definition) is 2. The molecule has 0 spiro atoms. The minimum Gasteiger partial charge on any atom is -0.426 e. The maximum Gasteiger partial charge on any atom is 0.317 e. The minimum absolute atomic E-state index is 0.0489. The second-order valence-electron chi connectivity index (χ2n) is 7.60. The van der Waals surface area contributed by atoms with Gasteiger partial charge in [0.1, 0.15) is 5.75 Å². The van der Waals surface area contributed by atoms with Crippen molar-refractivity contribution in [1.82, 2.24) is 0 Å². The van der Waals surface area contributed by atoms with Gasteiger partial charge in [-0.2, -0.15) is 0 Å². The van der Waals surface area contributed by atoms with Gasteiger partial charge in [-0.3, -0.25) is 4.79 Å². The van der Waals surface area contributed by atoms with E-state index in [4.69, 9.17) is 16.3 Å². The zero-order valence-corrected chi connectivity index (χ0v) is 13.2. The summed E-state index contributed by atoms with van der Waals surface area (Å²) in [7, 11) is 0. The van der Waals surface area contributed by atoms with Gasteiger partial charge in [0, 0.05) is 4.87 Å². The quantitative estimate of drug-likeness (QED) is 0.457. The van der Waals surface area contributed by atoms with Gasteiger partial charge in [0.05, 0.1) is 5.41 Å². The Kier molecular flexibility index (Phi) is 2.91. The lowest BCUT2D eigenvalue weighted by molar-refractivity contribution is -0.159. The first-order valence-corrected chi connectivity index (χ1v) is 8.32. The summed E-state index contributed by atoms with van der Waals surface area (Å²) >= 11 is 6.78. The summed E-state index contributed by atoms with van der Waals surface area (Å²) < 4.78 is 5.73. The van der Waals surface area contributed by atoms with Crippen LogP contribution in [0.2, 0.25) is 0 Å². The number of alkyl halides is 1. The van der Waals surface area contributed by atoms with Crippen molar-refractivity contribution in [3.8, 4) is 5.75 Å². The maximum absolute atomic E-state index is 12.8. The zero-order chi connectivity index (χ0) is 14.7. The van der Waals surface area contributed by atoms with Crippen LogP contribution in [0.15, 0.2) is 24.3 Å². The van der Waals surface area contributed by atoms with E-state index < -0.39 is 0 Å². The van der Waals surface area contributed by atoms with Gasteiger partial charge >= 0.3 is 5.97 Å². The fraction of sp³-hybridized carbons (Fsp3) is 0.611. The van der Waals surface area contributed by atoms with E-state index in [1.54, 1.807) is 0 Å². The third kappa shape index (κ3) is 2.28. The third-order valence-corrected chi connectivity index (χ3v) is 6.07. The smallest absolute Gasteiger partial charge is 0.317 e. The maximum atomic E-state index is 12.8. The van der Waals surface area contributed by atoms with Crippen LogP contribution in [0.5, 0.6) is 5.75 Å². The van der Waals surface area contributed by atoms with Crippen molar-refractivity contribution in [1.29, 1.82) is 0 Å². The summed E-state index contributed by atoms with van der Waals surface area (Å²) in [5.41, 5.74) is 0.787. The fourth-order valence-corrected chi connectivity index (χ4v) is 5.98. The molecular formula is C18H21ClO2. The number of halogens is 1. The highest BCUT2D eigenvalue weighted by molar-refractivity contribution is 6.24. The van der Waals surface area contributed by atoms with Gasteiger partial charge in [-0.25, -0.2) is 0 Å². The van der Waals surface area contributed by atoms with Gasteiger partial charge in [-0.05, 0) is 75.0 Å². The number of esters is 1. The van der Waals surface area contributed by atoms with Crippen molar-refractivity contribution in [2.45, 2.75) is 50.3 Å². The van der Waals surface area contributed by atoms with Crippen molar-refractivity contribution >= 4 is 17.6 Å². The first kappa shape index (κ1) is 13.6. The lowest BCUT2D eigenvalue weighted by Gasteiger charge is -2.58. The molecule has 2 unspecified atom stereocenters. The average Bonchev–Trinajstić information content (AvgIpc) is 2.35. The predicted molar refractivity (Wildman–Crippen MR) is 82.5 cm³/mol. The molecule has 21 heavy (non-hydrogen) atoms. The summed E-state index contributed by atoms with van der Waals surface area (Å²) in [4.78, 5) is 12.7. The Bertz CT molecular complexity index is 581. The van der Waals surface area contributed by atoms with Crippen LogP contribution in [0.4, 0.5) is 0 Å².